The van der Waals surface area contributed by atoms with Crippen molar-refractivity contribution in [2.45, 2.75) is 65.3 Å². The summed E-state index contributed by atoms with van der Waals surface area (Å²) in [6.07, 6.45) is 6.39. The van der Waals surface area contributed by atoms with Crippen molar-refractivity contribution in [1.82, 2.24) is 5.32 Å². The van der Waals surface area contributed by atoms with Gasteiger partial charge >= 0.3 is 0 Å². The molecule has 104 valence electrons. The summed E-state index contributed by atoms with van der Waals surface area (Å²) in [5.74, 6) is 0. The van der Waals surface area contributed by atoms with Gasteiger partial charge in [0.25, 0.3) is 0 Å². The zero-order valence-electron chi connectivity index (χ0n) is 12.1. The summed E-state index contributed by atoms with van der Waals surface area (Å²) >= 11 is 7.80. The van der Waals surface area contributed by atoms with E-state index in [1.54, 1.807) is 11.3 Å². The molecule has 1 nitrogen and oxygen atoms in total. The first-order valence-electron chi connectivity index (χ1n) is 6.88. The second kappa shape index (κ2) is 7.52. The van der Waals surface area contributed by atoms with Crippen LogP contribution in [0.15, 0.2) is 6.07 Å². The second-order valence-corrected chi connectivity index (χ2v) is 7.75. The summed E-state index contributed by atoms with van der Waals surface area (Å²) in [7, 11) is 0. The Morgan fingerprint density at radius 2 is 1.83 bits per heavy atom. The Kier molecular flexibility index (Phi) is 6.68. The van der Waals surface area contributed by atoms with Crippen LogP contribution in [0.3, 0.4) is 0 Å². The highest BCUT2D eigenvalue weighted by atomic mass is 35.5. The number of rotatable bonds is 7. The van der Waals surface area contributed by atoms with Crippen molar-refractivity contribution in [1.29, 1.82) is 0 Å². The molecule has 0 spiro atoms. The molecule has 0 aliphatic rings. The van der Waals surface area contributed by atoms with Crippen molar-refractivity contribution >= 4 is 22.9 Å². The lowest BCUT2D eigenvalue weighted by Crippen LogP contribution is -2.36. The zero-order valence-corrected chi connectivity index (χ0v) is 13.7. The Labute approximate surface area is 121 Å². The molecule has 0 amide bonds. The maximum Gasteiger partial charge on any atom is 0.0960 e. The van der Waals surface area contributed by atoms with Gasteiger partial charge in [0.1, 0.15) is 0 Å². The summed E-state index contributed by atoms with van der Waals surface area (Å²) < 4.78 is 0.958. The van der Waals surface area contributed by atoms with Crippen LogP contribution in [-0.2, 0) is 6.42 Å². The Morgan fingerprint density at radius 3 is 2.39 bits per heavy atom. The number of hydrogen-bond donors (Lipinski definition) is 1. The minimum Gasteiger partial charge on any atom is -0.312 e. The molecule has 3 heteroatoms. The van der Waals surface area contributed by atoms with Crippen LogP contribution >= 0.6 is 22.9 Å². The highest BCUT2D eigenvalue weighted by Crippen LogP contribution is 2.27. The van der Waals surface area contributed by atoms with Crippen molar-refractivity contribution in [3.8, 4) is 0 Å². The normalized spacial score (nSPS) is 12.1. The van der Waals surface area contributed by atoms with Crippen molar-refractivity contribution in [2.75, 3.05) is 6.54 Å². The molecular formula is C15H26ClNS. The van der Waals surface area contributed by atoms with E-state index in [1.165, 1.54) is 42.5 Å². The minimum atomic E-state index is 0.255. The monoisotopic (exact) mass is 287 g/mol. The SMILES string of the molecule is Cc1cc(CCCCCCNC(C)(C)C)sc1Cl. The van der Waals surface area contributed by atoms with Crippen LogP contribution < -0.4 is 5.32 Å². The van der Waals surface area contributed by atoms with Crippen molar-refractivity contribution in [3.05, 3.63) is 20.8 Å². The van der Waals surface area contributed by atoms with E-state index < -0.39 is 0 Å². The zero-order chi connectivity index (χ0) is 13.6. The lowest BCUT2D eigenvalue weighted by atomic mass is 10.1. The molecule has 0 fully saturated rings. The highest BCUT2D eigenvalue weighted by Gasteiger charge is 2.07. The maximum atomic E-state index is 6.06. The van der Waals surface area contributed by atoms with Gasteiger partial charge in [-0.25, -0.2) is 0 Å². The third-order valence-corrected chi connectivity index (χ3v) is 4.53. The Bertz CT molecular complexity index is 332. The quantitative estimate of drug-likeness (QED) is 0.680. The fourth-order valence-corrected chi connectivity index (χ4v) is 3.17. The van der Waals surface area contributed by atoms with Crippen LogP contribution in [0.4, 0.5) is 0 Å². The number of unbranched alkanes of at least 4 members (excludes halogenated alkanes) is 3. The predicted molar refractivity (Wildman–Crippen MR) is 84.0 cm³/mol. The molecule has 0 radical (unpaired) electrons. The van der Waals surface area contributed by atoms with Crippen LogP contribution in [0.5, 0.6) is 0 Å². The number of thiophene rings is 1. The first-order valence-corrected chi connectivity index (χ1v) is 8.08. The van der Waals surface area contributed by atoms with Gasteiger partial charge in [0.05, 0.1) is 4.34 Å². The van der Waals surface area contributed by atoms with Gasteiger partial charge < -0.3 is 5.32 Å². The molecule has 1 aromatic heterocycles. The first-order chi connectivity index (χ1) is 8.38. The van der Waals surface area contributed by atoms with E-state index in [4.69, 9.17) is 11.6 Å². The van der Waals surface area contributed by atoms with Crippen LogP contribution in [0.2, 0.25) is 4.34 Å². The van der Waals surface area contributed by atoms with Gasteiger partial charge in [0.2, 0.25) is 0 Å². The van der Waals surface area contributed by atoms with E-state index in [-0.39, 0.29) is 5.54 Å². The van der Waals surface area contributed by atoms with E-state index >= 15 is 0 Å². The third-order valence-electron chi connectivity index (χ3n) is 2.91. The Hall–Kier alpha value is -0.0500. The molecule has 1 N–H and O–H groups in total. The first kappa shape index (κ1) is 16.0. The van der Waals surface area contributed by atoms with E-state index in [0.29, 0.717) is 0 Å². The number of nitrogens with one attached hydrogen (secondary N) is 1. The predicted octanol–water partition coefficient (Wildman–Crippen LogP) is 5.20. The molecule has 1 aromatic rings. The molecule has 0 saturated carbocycles. The lowest BCUT2D eigenvalue weighted by Gasteiger charge is -2.20. The van der Waals surface area contributed by atoms with Crippen molar-refractivity contribution in [2.24, 2.45) is 0 Å². The van der Waals surface area contributed by atoms with Gasteiger partial charge in [-0.1, -0.05) is 24.4 Å². The van der Waals surface area contributed by atoms with Crippen molar-refractivity contribution < 1.29 is 0 Å². The largest absolute Gasteiger partial charge is 0.312 e. The highest BCUT2D eigenvalue weighted by molar-refractivity contribution is 7.16. The Morgan fingerprint density at radius 1 is 1.17 bits per heavy atom. The molecule has 18 heavy (non-hydrogen) atoms. The summed E-state index contributed by atoms with van der Waals surface area (Å²) in [5, 5.41) is 3.53. The molecule has 0 unspecified atom stereocenters. The summed E-state index contributed by atoms with van der Waals surface area (Å²) in [4.78, 5) is 1.44. The molecule has 0 aliphatic heterocycles. The van der Waals surface area contributed by atoms with Crippen LogP contribution in [0.1, 0.15) is 56.9 Å². The molecule has 0 atom stereocenters. The standard InChI is InChI=1S/C15H26ClNS/c1-12-11-13(18-14(12)16)9-7-5-6-8-10-17-15(2,3)4/h11,17H,5-10H2,1-4H3. The van der Waals surface area contributed by atoms with Crippen LogP contribution in [-0.4, -0.2) is 12.1 Å². The lowest BCUT2D eigenvalue weighted by molar-refractivity contribution is 0.416. The molecular weight excluding hydrogens is 262 g/mol. The van der Waals surface area contributed by atoms with Gasteiger partial charge in [0, 0.05) is 10.4 Å². The fraction of sp³-hybridized carbons (Fsp3) is 0.733. The summed E-state index contributed by atoms with van der Waals surface area (Å²) in [5.41, 5.74) is 1.48. The number of hydrogen-bond acceptors (Lipinski definition) is 2. The molecule has 1 rings (SSSR count). The average molecular weight is 288 g/mol. The topological polar surface area (TPSA) is 12.0 Å². The Balaban J connectivity index is 2.02. The number of halogens is 1. The molecule has 0 aromatic carbocycles. The van der Waals surface area contributed by atoms with E-state index in [2.05, 4.69) is 39.1 Å². The van der Waals surface area contributed by atoms with E-state index in [9.17, 15) is 0 Å². The second-order valence-electron chi connectivity index (χ2n) is 6.01. The maximum absolute atomic E-state index is 6.06. The van der Waals surface area contributed by atoms with E-state index in [1.807, 2.05) is 0 Å². The minimum absolute atomic E-state index is 0.255. The van der Waals surface area contributed by atoms with Gasteiger partial charge in [0.15, 0.2) is 0 Å². The van der Waals surface area contributed by atoms with Gasteiger partial charge in [-0.3, -0.25) is 0 Å². The summed E-state index contributed by atoms with van der Waals surface area (Å²) in [6.45, 7) is 9.87. The van der Waals surface area contributed by atoms with Crippen molar-refractivity contribution in [3.63, 3.8) is 0 Å². The molecule has 0 bridgehead atoms. The molecule has 0 saturated heterocycles. The van der Waals surface area contributed by atoms with Gasteiger partial charge in [-0.15, -0.1) is 11.3 Å². The van der Waals surface area contributed by atoms with Crippen LogP contribution in [0, 0.1) is 6.92 Å². The molecule has 1 heterocycles. The van der Waals surface area contributed by atoms with Crippen LogP contribution in [0.25, 0.3) is 0 Å². The fourth-order valence-electron chi connectivity index (χ4n) is 1.89. The van der Waals surface area contributed by atoms with E-state index in [0.717, 1.165) is 10.9 Å². The van der Waals surface area contributed by atoms with Gasteiger partial charge in [-0.05, 0) is 65.1 Å². The average Bonchev–Trinajstić information content (AvgIpc) is 2.55. The number of aryl methyl sites for hydroxylation is 2. The van der Waals surface area contributed by atoms with Gasteiger partial charge in [-0.2, -0.15) is 0 Å². The smallest absolute Gasteiger partial charge is 0.0960 e. The third kappa shape index (κ3) is 6.77. The molecule has 0 aliphatic carbocycles. The summed E-state index contributed by atoms with van der Waals surface area (Å²) in [6, 6.07) is 2.23.